The molecule has 3 aromatic rings. The minimum Gasteiger partial charge on any atom is -0.394 e. The minimum absolute atomic E-state index is 0.0445. The smallest absolute Gasteiger partial charge is 0.162 e. The highest BCUT2D eigenvalue weighted by atomic mass is 16.3. The summed E-state index contributed by atoms with van der Waals surface area (Å²) in [4.78, 5) is 9.38. The number of fused-ring (bicyclic) bond motifs is 1. The molecule has 0 fully saturated rings. The molecule has 4 heteroatoms. The predicted octanol–water partition coefficient (Wildman–Crippen LogP) is 3.73. The van der Waals surface area contributed by atoms with Gasteiger partial charge in [-0.25, -0.2) is 9.97 Å². The van der Waals surface area contributed by atoms with E-state index in [4.69, 9.17) is 4.98 Å². The summed E-state index contributed by atoms with van der Waals surface area (Å²) in [5.74, 6) is 1.75. The Kier molecular flexibility index (Phi) is 4.53. The van der Waals surface area contributed by atoms with Gasteiger partial charge in [0.15, 0.2) is 5.82 Å². The standard InChI is InChI=1S/C19H21N3O/c1-13(2)17(12-23)21-19-15-10-6-7-11-16(15)20-18(22-19)14-8-4-3-5-9-14/h3-11,13,17,23H,12H2,1-2H3,(H,20,21,22)/t17-/m1/s1. The number of nitrogens with zero attached hydrogens (tertiary/aromatic N) is 2. The number of anilines is 1. The van der Waals surface area contributed by atoms with E-state index in [9.17, 15) is 5.11 Å². The van der Waals surface area contributed by atoms with Crippen molar-refractivity contribution in [2.75, 3.05) is 11.9 Å². The van der Waals surface area contributed by atoms with Gasteiger partial charge in [-0.2, -0.15) is 0 Å². The van der Waals surface area contributed by atoms with Crippen molar-refractivity contribution in [3.63, 3.8) is 0 Å². The first kappa shape index (κ1) is 15.4. The minimum atomic E-state index is -0.0445. The Morgan fingerprint density at radius 1 is 0.957 bits per heavy atom. The van der Waals surface area contributed by atoms with Crippen molar-refractivity contribution >= 4 is 16.7 Å². The van der Waals surface area contributed by atoms with Gasteiger partial charge >= 0.3 is 0 Å². The highest BCUT2D eigenvalue weighted by Crippen LogP contribution is 2.25. The van der Waals surface area contributed by atoms with Gasteiger partial charge in [-0.05, 0) is 18.1 Å². The molecule has 118 valence electrons. The molecule has 0 unspecified atom stereocenters. The molecule has 0 bridgehead atoms. The SMILES string of the molecule is CC(C)[C@@H](CO)Nc1nc(-c2ccccc2)nc2ccccc12. The summed E-state index contributed by atoms with van der Waals surface area (Å²) in [6.45, 7) is 4.22. The van der Waals surface area contributed by atoms with E-state index in [0.717, 1.165) is 22.3 Å². The molecular formula is C19H21N3O. The summed E-state index contributed by atoms with van der Waals surface area (Å²) in [5, 5.41) is 14.0. The van der Waals surface area contributed by atoms with Gasteiger partial charge in [-0.1, -0.05) is 56.3 Å². The van der Waals surface area contributed by atoms with Crippen molar-refractivity contribution in [2.45, 2.75) is 19.9 Å². The van der Waals surface area contributed by atoms with Crippen LogP contribution in [0.4, 0.5) is 5.82 Å². The zero-order valence-corrected chi connectivity index (χ0v) is 13.4. The van der Waals surface area contributed by atoms with Crippen molar-refractivity contribution < 1.29 is 5.11 Å². The van der Waals surface area contributed by atoms with Crippen LogP contribution in [0.1, 0.15) is 13.8 Å². The van der Waals surface area contributed by atoms with Crippen LogP contribution in [0.3, 0.4) is 0 Å². The van der Waals surface area contributed by atoms with E-state index in [0.29, 0.717) is 11.7 Å². The molecule has 0 aliphatic heterocycles. The monoisotopic (exact) mass is 307 g/mol. The number of aliphatic hydroxyl groups excluding tert-OH is 1. The number of nitrogens with one attached hydrogen (secondary N) is 1. The molecule has 0 radical (unpaired) electrons. The van der Waals surface area contributed by atoms with Crippen LogP contribution < -0.4 is 5.32 Å². The Bertz CT molecular complexity index is 787. The molecule has 2 aromatic carbocycles. The van der Waals surface area contributed by atoms with Crippen LogP contribution in [0.2, 0.25) is 0 Å². The number of rotatable bonds is 5. The number of aliphatic hydroxyl groups is 1. The molecule has 0 spiro atoms. The van der Waals surface area contributed by atoms with E-state index < -0.39 is 0 Å². The van der Waals surface area contributed by atoms with Gasteiger partial charge in [0.25, 0.3) is 0 Å². The van der Waals surface area contributed by atoms with Crippen molar-refractivity contribution in [1.29, 1.82) is 0 Å². The molecule has 0 aliphatic carbocycles. The second kappa shape index (κ2) is 6.75. The second-order valence-electron chi connectivity index (χ2n) is 5.96. The summed E-state index contributed by atoms with van der Waals surface area (Å²) in [7, 11) is 0. The van der Waals surface area contributed by atoms with Gasteiger partial charge in [-0.3, -0.25) is 0 Å². The number of aromatic nitrogens is 2. The maximum atomic E-state index is 9.61. The molecule has 0 saturated heterocycles. The number of benzene rings is 2. The first-order chi connectivity index (χ1) is 11.2. The average Bonchev–Trinajstić information content (AvgIpc) is 2.59. The predicted molar refractivity (Wildman–Crippen MR) is 94.3 cm³/mol. The molecule has 0 aliphatic rings. The lowest BCUT2D eigenvalue weighted by Gasteiger charge is -2.21. The molecular weight excluding hydrogens is 286 g/mol. The van der Waals surface area contributed by atoms with E-state index in [1.807, 2.05) is 54.6 Å². The number of hydrogen-bond donors (Lipinski definition) is 2. The Balaban J connectivity index is 2.11. The Morgan fingerprint density at radius 3 is 2.35 bits per heavy atom. The second-order valence-corrected chi connectivity index (χ2v) is 5.96. The lowest BCUT2D eigenvalue weighted by atomic mass is 10.1. The van der Waals surface area contributed by atoms with Crippen molar-refractivity contribution in [1.82, 2.24) is 9.97 Å². The van der Waals surface area contributed by atoms with Gasteiger partial charge in [0.2, 0.25) is 0 Å². The maximum absolute atomic E-state index is 9.61. The molecule has 23 heavy (non-hydrogen) atoms. The highest BCUT2D eigenvalue weighted by Gasteiger charge is 2.16. The van der Waals surface area contributed by atoms with Crippen LogP contribution in [0.5, 0.6) is 0 Å². The van der Waals surface area contributed by atoms with Crippen LogP contribution in [0.15, 0.2) is 54.6 Å². The highest BCUT2D eigenvalue weighted by molar-refractivity contribution is 5.90. The van der Waals surface area contributed by atoms with Gasteiger partial charge < -0.3 is 10.4 Å². The van der Waals surface area contributed by atoms with Crippen molar-refractivity contribution in [3.05, 3.63) is 54.6 Å². The van der Waals surface area contributed by atoms with Gasteiger partial charge in [0, 0.05) is 10.9 Å². The zero-order valence-electron chi connectivity index (χ0n) is 13.4. The van der Waals surface area contributed by atoms with Crippen LogP contribution in [0.25, 0.3) is 22.3 Å². The van der Waals surface area contributed by atoms with Crippen molar-refractivity contribution in [2.24, 2.45) is 5.92 Å². The number of para-hydroxylation sites is 1. The van der Waals surface area contributed by atoms with E-state index in [1.165, 1.54) is 0 Å². The summed E-state index contributed by atoms with van der Waals surface area (Å²) >= 11 is 0. The topological polar surface area (TPSA) is 58.0 Å². The maximum Gasteiger partial charge on any atom is 0.162 e. The first-order valence-corrected chi connectivity index (χ1v) is 7.88. The third-order valence-electron chi connectivity index (χ3n) is 3.96. The number of hydrogen-bond acceptors (Lipinski definition) is 4. The van der Waals surface area contributed by atoms with Gasteiger partial charge in [-0.15, -0.1) is 0 Å². The molecule has 0 amide bonds. The summed E-state index contributed by atoms with van der Waals surface area (Å²) in [5.41, 5.74) is 1.87. The third-order valence-corrected chi connectivity index (χ3v) is 3.96. The van der Waals surface area contributed by atoms with Crippen LogP contribution in [-0.2, 0) is 0 Å². The summed E-state index contributed by atoms with van der Waals surface area (Å²) < 4.78 is 0. The fraction of sp³-hybridized carbons (Fsp3) is 0.263. The summed E-state index contributed by atoms with van der Waals surface area (Å²) in [6.07, 6.45) is 0. The van der Waals surface area contributed by atoms with Crippen molar-refractivity contribution in [3.8, 4) is 11.4 Å². The molecule has 1 aromatic heterocycles. The third kappa shape index (κ3) is 3.32. The van der Waals surface area contributed by atoms with E-state index in [-0.39, 0.29) is 12.6 Å². The molecule has 2 N–H and O–H groups in total. The van der Waals surface area contributed by atoms with Gasteiger partial charge in [0.05, 0.1) is 18.2 Å². The molecule has 1 atom stereocenters. The Labute approximate surface area is 136 Å². The van der Waals surface area contributed by atoms with Crippen LogP contribution >= 0.6 is 0 Å². The fourth-order valence-electron chi connectivity index (χ4n) is 2.50. The van der Waals surface area contributed by atoms with E-state index in [1.54, 1.807) is 0 Å². The van der Waals surface area contributed by atoms with Gasteiger partial charge in [0.1, 0.15) is 5.82 Å². The molecule has 0 saturated carbocycles. The first-order valence-electron chi connectivity index (χ1n) is 7.88. The van der Waals surface area contributed by atoms with E-state index >= 15 is 0 Å². The Morgan fingerprint density at radius 2 is 1.65 bits per heavy atom. The van der Waals surface area contributed by atoms with Crippen LogP contribution in [0, 0.1) is 5.92 Å². The normalized spacial score (nSPS) is 12.5. The zero-order chi connectivity index (χ0) is 16.2. The fourth-order valence-corrected chi connectivity index (χ4v) is 2.50. The average molecular weight is 307 g/mol. The van der Waals surface area contributed by atoms with E-state index in [2.05, 4.69) is 24.1 Å². The lowest BCUT2D eigenvalue weighted by Crippen LogP contribution is -2.30. The summed E-state index contributed by atoms with van der Waals surface area (Å²) in [6, 6.07) is 17.8. The quantitative estimate of drug-likeness (QED) is 0.754. The van der Waals surface area contributed by atoms with Crippen LogP contribution in [-0.4, -0.2) is 27.7 Å². The lowest BCUT2D eigenvalue weighted by molar-refractivity contribution is 0.249. The molecule has 3 rings (SSSR count). The Hall–Kier alpha value is -2.46. The molecule has 1 heterocycles. The molecule has 4 nitrogen and oxygen atoms in total. The largest absolute Gasteiger partial charge is 0.394 e.